The van der Waals surface area contributed by atoms with Crippen LogP contribution in [0.1, 0.15) is 11.1 Å². The zero-order chi connectivity index (χ0) is 20.6. The summed E-state index contributed by atoms with van der Waals surface area (Å²) in [6, 6.07) is 19.0. The Morgan fingerprint density at radius 1 is 1.10 bits per heavy atom. The summed E-state index contributed by atoms with van der Waals surface area (Å²) in [6.45, 7) is 0.317. The first-order valence-electron chi connectivity index (χ1n) is 8.64. The number of anilines is 1. The highest BCUT2D eigenvalue weighted by Gasteiger charge is 2.08. The van der Waals surface area contributed by atoms with Crippen LogP contribution >= 0.6 is 11.6 Å². The summed E-state index contributed by atoms with van der Waals surface area (Å²) in [7, 11) is 1.56. The lowest BCUT2D eigenvalue weighted by Crippen LogP contribution is -1.99. The Kier molecular flexibility index (Phi) is 6.65. The summed E-state index contributed by atoms with van der Waals surface area (Å²) < 4.78 is 11.2. The molecule has 0 spiro atoms. The number of hydrazone groups is 1. The van der Waals surface area contributed by atoms with Crippen molar-refractivity contribution in [2.75, 3.05) is 12.5 Å². The molecule has 3 aromatic rings. The quantitative estimate of drug-likeness (QED) is 0.309. The summed E-state index contributed by atoms with van der Waals surface area (Å²) >= 11 is 6.15. The summed E-state index contributed by atoms with van der Waals surface area (Å²) in [6.07, 6.45) is 1.58. The number of hydrogen-bond acceptors (Lipinski definition) is 6. The molecule has 0 saturated heterocycles. The van der Waals surface area contributed by atoms with Crippen molar-refractivity contribution in [2.24, 2.45) is 5.10 Å². The van der Waals surface area contributed by atoms with Gasteiger partial charge in [-0.3, -0.25) is 15.5 Å². The first-order valence-corrected chi connectivity index (χ1v) is 9.02. The third kappa shape index (κ3) is 5.46. The van der Waals surface area contributed by atoms with E-state index in [-0.39, 0.29) is 5.69 Å². The monoisotopic (exact) mass is 411 g/mol. The van der Waals surface area contributed by atoms with Crippen molar-refractivity contribution in [3.05, 3.63) is 93.0 Å². The molecule has 0 heterocycles. The number of rotatable bonds is 8. The van der Waals surface area contributed by atoms with E-state index < -0.39 is 4.92 Å². The van der Waals surface area contributed by atoms with Crippen LogP contribution < -0.4 is 14.9 Å². The maximum absolute atomic E-state index is 10.8. The SMILES string of the molecule is COc1cc(C=NNc2cccc([N+](=O)[O-])c2)ccc1OCc1ccccc1Cl. The molecule has 8 heteroatoms. The van der Waals surface area contributed by atoms with Gasteiger partial charge in [0.1, 0.15) is 6.61 Å². The lowest BCUT2D eigenvalue weighted by Gasteiger charge is -2.12. The number of halogens is 1. The fourth-order valence-corrected chi connectivity index (χ4v) is 2.72. The first-order chi connectivity index (χ1) is 14.1. The van der Waals surface area contributed by atoms with E-state index in [2.05, 4.69) is 10.5 Å². The van der Waals surface area contributed by atoms with E-state index in [1.165, 1.54) is 12.1 Å². The molecule has 3 aromatic carbocycles. The van der Waals surface area contributed by atoms with Crippen molar-refractivity contribution in [3.8, 4) is 11.5 Å². The minimum Gasteiger partial charge on any atom is -0.493 e. The number of nitro benzene ring substituents is 1. The molecule has 0 radical (unpaired) electrons. The molecule has 148 valence electrons. The Labute approximate surface area is 172 Å². The van der Waals surface area contributed by atoms with Gasteiger partial charge in [0, 0.05) is 22.7 Å². The fraction of sp³-hybridized carbons (Fsp3) is 0.0952. The molecule has 0 atom stereocenters. The lowest BCUT2D eigenvalue weighted by molar-refractivity contribution is -0.384. The second-order valence-electron chi connectivity index (χ2n) is 5.97. The molecule has 0 fully saturated rings. The van der Waals surface area contributed by atoms with E-state index >= 15 is 0 Å². The van der Waals surface area contributed by atoms with Gasteiger partial charge in [-0.25, -0.2) is 0 Å². The minimum atomic E-state index is -0.457. The number of ether oxygens (including phenoxy) is 2. The van der Waals surface area contributed by atoms with Crippen molar-refractivity contribution in [3.63, 3.8) is 0 Å². The van der Waals surface area contributed by atoms with Gasteiger partial charge in [-0.15, -0.1) is 0 Å². The standard InChI is InChI=1S/C21H18ClN3O4/c1-28-21-11-15(13-23-24-17-6-4-7-18(12-17)25(26)27)9-10-20(21)29-14-16-5-2-3-8-19(16)22/h2-13,24H,14H2,1H3. The number of nitrogens with zero attached hydrogens (tertiary/aromatic N) is 2. The number of benzene rings is 3. The zero-order valence-corrected chi connectivity index (χ0v) is 16.3. The van der Waals surface area contributed by atoms with Crippen molar-refractivity contribution >= 4 is 29.2 Å². The normalized spacial score (nSPS) is 10.7. The Balaban J connectivity index is 1.66. The Morgan fingerprint density at radius 3 is 2.69 bits per heavy atom. The number of nitrogens with one attached hydrogen (secondary N) is 1. The van der Waals surface area contributed by atoms with Crippen LogP contribution in [-0.2, 0) is 6.61 Å². The van der Waals surface area contributed by atoms with Crippen LogP contribution in [-0.4, -0.2) is 18.2 Å². The molecule has 7 nitrogen and oxygen atoms in total. The highest BCUT2D eigenvalue weighted by atomic mass is 35.5. The molecule has 0 aliphatic carbocycles. The molecular weight excluding hydrogens is 394 g/mol. The summed E-state index contributed by atoms with van der Waals surface area (Å²) in [5.41, 5.74) is 4.93. The maximum atomic E-state index is 10.8. The molecule has 0 unspecified atom stereocenters. The van der Waals surface area contributed by atoms with Crippen molar-refractivity contribution < 1.29 is 14.4 Å². The van der Waals surface area contributed by atoms with Crippen molar-refractivity contribution in [1.82, 2.24) is 0 Å². The van der Waals surface area contributed by atoms with Gasteiger partial charge in [-0.05, 0) is 35.9 Å². The molecule has 0 aliphatic rings. The smallest absolute Gasteiger partial charge is 0.271 e. The van der Waals surface area contributed by atoms with Crippen LogP contribution in [0.25, 0.3) is 0 Å². The van der Waals surface area contributed by atoms with Gasteiger partial charge in [0.2, 0.25) is 0 Å². The van der Waals surface area contributed by atoms with Gasteiger partial charge in [0.05, 0.1) is 23.9 Å². The van der Waals surface area contributed by atoms with Crippen LogP contribution in [0.2, 0.25) is 5.02 Å². The summed E-state index contributed by atoms with van der Waals surface area (Å²) in [5.74, 6) is 1.13. The van der Waals surface area contributed by atoms with Crippen LogP contribution in [0.5, 0.6) is 11.5 Å². The molecular formula is C21H18ClN3O4. The Morgan fingerprint density at radius 2 is 1.93 bits per heavy atom. The van der Waals surface area contributed by atoms with E-state index in [1.807, 2.05) is 30.3 Å². The summed E-state index contributed by atoms with van der Waals surface area (Å²) in [4.78, 5) is 10.4. The van der Waals surface area contributed by atoms with E-state index in [1.54, 1.807) is 37.6 Å². The third-order valence-corrected chi connectivity index (χ3v) is 4.36. The Bertz CT molecular complexity index is 1040. The Hall–Kier alpha value is -3.58. The molecule has 3 rings (SSSR count). The molecule has 1 N–H and O–H groups in total. The number of non-ortho nitro benzene ring substituents is 1. The van der Waals surface area contributed by atoms with Gasteiger partial charge in [0.25, 0.3) is 5.69 Å². The van der Waals surface area contributed by atoms with Crippen LogP contribution in [0, 0.1) is 10.1 Å². The molecule has 0 bridgehead atoms. The highest BCUT2D eigenvalue weighted by Crippen LogP contribution is 2.29. The molecule has 0 saturated carbocycles. The predicted molar refractivity (Wildman–Crippen MR) is 113 cm³/mol. The third-order valence-electron chi connectivity index (χ3n) is 3.99. The van der Waals surface area contributed by atoms with Gasteiger partial charge >= 0.3 is 0 Å². The van der Waals surface area contributed by atoms with Crippen molar-refractivity contribution in [1.29, 1.82) is 0 Å². The number of hydrogen-bond donors (Lipinski definition) is 1. The van der Waals surface area contributed by atoms with E-state index in [4.69, 9.17) is 21.1 Å². The van der Waals surface area contributed by atoms with Crippen LogP contribution in [0.4, 0.5) is 11.4 Å². The highest BCUT2D eigenvalue weighted by molar-refractivity contribution is 6.31. The maximum Gasteiger partial charge on any atom is 0.271 e. The van der Waals surface area contributed by atoms with Crippen LogP contribution in [0.15, 0.2) is 71.8 Å². The molecule has 0 amide bonds. The molecule has 0 aromatic heterocycles. The van der Waals surface area contributed by atoms with E-state index in [0.29, 0.717) is 28.8 Å². The molecule has 29 heavy (non-hydrogen) atoms. The van der Waals surface area contributed by atoms with Crippen molar-refractivity contribution in [2.45, 2.75) is 6.61 Å². The minimum absolute atomic E-state index is 0.00751. The average molecular weight is 412 g/mol. The topological polar surface area (TPSA) is 86.0 Å². The average Bonchev–Trinajstić information content (AvgIpc) is 2.74. The number of nitro groups is 1. The van der Waals surface area contributed by atoms with Gasteiger partial charge in [-0.2, -0.15) is 5.10 Å². The second kappa shape index (κ2) is 9.57. The fourth-order valence-electron chi connectivity index (χ4n) is 2.53. The van der Waals surface area contributed by atoms with Crippen LogP contribution in [0.3, 0.4) is 0 Å². The second-order valence-corrected chi connectivity index (χ2v) is 6.38. The summed E-state index contributed by atoms with van der Waals surface area (Å²) in [5, 5.41) is 15.6. The molecule has 0 aliphatic heterocycles. The largest absolute Gasteiger partial charge is 0.493 e. The lowest BCUT2D eigenvalue weighted by atomic mass is 10.2. The van der Waals surface area contributed by atoms with Gasteiger partial charge < -0.3 is 9.47 Å². The van der Waals surface area contributed by atoms with E-state index in [9.17, 15) is 10.1 Å². The zero-order valence-electron chi connectivity index (χ0n) is 15.5. The predicted octanol–water partition coefficient (Wildman–Crippen LogP) is 5.28. The van der Waals surface area contributed by atoms with Gasteiger partial charge in [-0.1, -0.05) is 35.9 Å². The van der Waals surface area contributed by atoms with Gasteiger partial charge in [0.15, 0.2) is 11.5 Å². The van der Waals surface area contributed by atoms with E-state index in [0.717, 1.165) is 11.1 Å². The first kappa shape index (κ1) is 20.2. The number of methoxy groups -OCH3 is 1.